The van der Waals surface area contributed by atoms with Crippen LogP contribution in [0.25, 0.3) is 0 Å². The van der Waals surface area contributed by atoms with E-state index in [4.69, 9.17) is 0 Å². The molecule has 3 rings (SSSR count). The van der Waals surface area contributed by atoms with Gasteiger partial charge < -0.3 is 4.90 Å². The molecule has 2 aromatic carbocycles. The Morgan fingerprint density at radius 3 is 1.88 bits per heavy atom. The van der Waals surface area contributed by atoms with Gasteiger partial charge in [-0.15, -0.1) is 11.3 Å². The SMILES string of the molecule is CC(=O)c1nc(N(Cc2ccccc2)Cc2ccccc2)sc1C. The van der Waals surface area contributed by atoms with Gasteiger partial charge in [-0.25, -0.2) is 4.98 Å². The smallest absolute Gasteiger partial charge is 0.186 e. The Kier molecular flexibility index (Phi) is 5.06. The Morgan fingerprint density at radius 2 is 1.46 bits per heavy atom. The van der Waals surface area contributed by atoms with Crippen molar-refractivity contribution in [2.75, 3.05) is 4.90 Å². The molecule has 4 heteroatoms. The summed E-state index contributed by atoms with van der Waals surface area (Å²) in [5.41, 5.74) is 3.04. The highest BCUT2D eigenvalue weighted by Crippen LogP contribution is 2.28. The van der Waals surface area contributed by atoms with Crippen molar-refractivity contribution in [3.63, 3.8) is 0 Å². The van der Waals surface area contributed by atoms with E-state index in [0.717, 1.165) is 23.1 Å². The Bertz CT molecular complexity index is 771. The van der Waals surface area contributed by atoms with E-state index in [2.05, 4.69) is 34.1 Å². The highest BCUT2D eigenvalue weighted by Gasteiger charge is 2.17. The molecule has 1 aromatic heterocycles. The number of benzene rings is 2. The van der Waals surface area contributed by atoms with Crippen LogP contribution in [0.3, 0.4) is 0 Å². The summed E-state index contributed by atoms with van der Waals surface area (Å²) in [6, 6.07) is 20.7. The first kappa shape index (κ1) is 16.4. The van der Waals surface area contributed by atoms with Crippen molar-refractivity contribution in [2.45, 2.75) is 26.9 Å². The minimum absolute atomic E-state index is 0.0226. The Labute approximate surface area is 146 Å². The molecule has 0 aliphatic carbocycles. The zero-order chi connectivity index (χ0) is 16.9. The Hall–Kier alpha value is -2.46. The minimum Gasteiger partial charge on any atom is -0.339 e. The number of carbonyl (C=O) groups is 1. The fraction of sp³-hybridized carbons (Fsp3) is 0.200. The molecule has 0 N–H and O–H groups in total. The van der Waals surface area contributed by atoms with Crippen molar-refractivity contribution < 1.29 is 4.79 Å². The number of carbonyl (C=O) groups excluding carboxylic acids is 1. The molecule has 0 aliphatic rings. The summed E-state index contributed by atoms with van der Waals surface area (Å²) in [6.45, 7) is 5.06. The van der Waals surface area contributed by atoms with Crippen LogP contribution >= 0.6 is 11.3 Å². The van der Waals surface area contributed by atoms with E-state index in [9.17, 15) is 4.79 Å². The van der Waals surface area contributed by atoms with Gasteiger partial charge in [0.25, 0.3) is 0 Å². The molecule has 0 saturated carbocycles. The molecule has 0 spiro atoms. The minimum atomic E-state index is 0.0226. The highest BCUT2D eigenvalue weighted by molar-refractivity contribution is 7.15. The van der Waals surface area contributed by atoms with Gasteiger partial charge in [0.1, 0.15) is 5.69 Å². The van der Waals surface area contributed by atoms with Gasteiger partial charge in [0.05, 0.1) is 0 Å². The van der Waals surface area contributed by atoms with Gasteiger partial charge in [-0.2, -0.15) is 0 Å². The quantitative estimate of drug-likeness (QED) is 0.603. The van der Waals surface area contributed by atoms with E-state index in [1.54, 1.807) is 18.3 Å². The second kappa shape index (κ2) is 7.41. The first-order valence-electron chi connectivity index (χ1n) is 7.94. The standard InChI is InChI=1S/C20H20N2OS/c1-15(23)19-16(2)24-20(21-19)22(13-17-9-5-3-6-10-17)14-18-11-7-4-8-12-18/h3-12H,13-14H2,1-2H3. The molecule has 24 heavy (non-hydrogen) atoms. The van der Waals surface area contributed by atoms with Crippen molar-refractivity contribution in [2.24, 2.45) is 0 Å². The molecule has 0 amide bonds. The number of hydrogen-bond donors (Lipinski definition) is 0. The lowest BCUT2D eigenvalue weighted by molar-refractivity contribution is 0.101. The number of Topliss-reactive ketones (excluding diaryl/α,β-unsaturated/α-hetero) is 1. The predicted octanol–water partition coefficient (Wildman–Crippen LogP) is 4.86. The first-order valence-corrected chi connectivity index (χ1v) is 8.76. The zero-order valence-corrected chi connectivity index (χ0v) is 14.7. The molecule has 0 saturated heterocycles. The lowest BCUT2D eigenvalue weighted by atomic mass is 10.2. The summed E-state index contributed by atoms with van der Waals surface area (Å²) in [7, 11) is 0. The van der Waals surface area contributed by atoms with Crippen LogP contribution in [-0.2, 0) is 13.1 Å². The van der Waals surface area contributed by atoms with Crippen LogP contribution in [0.15, 0.2) is 60.7 Å². The Balaban J connectivity index is 1.92. The molecule has 3 aromatic rings. The van der Waals surface area contributed by atoms with Crippen LogP contribution in [0.2, 0.25) is 0 Å². The third-order valence-corrected chi connectivity index (χ3v) is 4.85. The number of hydrogen-bond acceptors (Lipinski definition) is 4. The summed E-state index contributed by atoms with van der Waals surface area (Å²) in [4.78, 5) is 19.5. The fourth-order valence-corrected chi connectivity index (χ4v) is 3.60. The van der Waals surface area contributed by atoms with Gasteiger partial charge in [0.2, 0.25) is 0 Å². The molecule has 3 nitrogen and oxygen atoms in total. The third-order valence-electron chi connectivity index (χ3n) is 3.82. The lowest BCUT2D eigenvalue weighted by Gasteiger charge is -2.22. The van der Waals surface area contributed by atoms with Crippen LogP contribution in [0, 0.1) is 6.92 Å². The summed E-state index contributed by atoms with van der Waals surface area (Å²) >= 11 is 1.58. The van der Waals surface area contributed by atoms with Crippen LogP contribution in [-0.4, -0.2) is 10.8 Å². The van der Waals surface area contributed by atoms with E-state index in [1.807, 2.05) is 43.3 Å². The number of rotatable bonds is 6. The molecule has 0 aliphatic heterocycles. The number of aryl methyl sites for hydroxylation is 1. The van der Waals surface area contributed by atoms with Gasteiger partial charge in [-0.05, 0) is 18.1 Å². The lowest BCUT2D eigenvalue weighted by Crippen LogP contribution is -2.22. The molecule has 0 radical (unpaired) electrons. The fourth-order valence-electron chi connectivity index (χ4n) is 2.64. The van der Waals surface area contributed by atoms with Crippen molar-refractivity contribution in [1.29, 1.82) is 0 Å². The second-order valence-electron chi connectivity index (χ2n) is 5.78. The number of anilines is 1. The molecule has 122 valence electrons. The third kappa shape index (κ3) is 3.89. The maximum atomic E-state index is 11.7. The molecule has 0 unspecified atom stereocenters. The summed E-state index contributed by atoms with van der Waals surface area (Å²) < 4.78 is 0. The molecule has 1 heterocycles. The summed E-state index contributed by atoms with van der Waals surface area (Å²) in [5, 5.41) is 0.894. The second-order valence-corrected chi connectivity index (χ2v) is 6.97. The predicted molar refractivity (Wildman–Crippen MR) is 99.6 cm³/mol. The monoisotopic (exact) mass is 336 g/mol. The molecule has 0 bridgehead atoms. The highest BCUT2D eigenvalue weighted by atomic mass is 32.1. The van der Waals surface area contributed by atoms with Crippen molar-refractivity contribution in [1.82, 2.24) is 4.98 Å². The maximum Gasteiger partial charge on any atom is 0.186 e. The average Bonchev–Trinajstić information content (AvgIpc) is 2.98. The zero-order valence-electron chi connectivity index (χ0n) is 13.9. The molecule has 0 fully saturated rings. The molecular weight excluding hydrogens is 316 g/mol. The summed E-state index contributed by atoms with van der Waals surface area (Å²) in [6.07, 6.45) is 0. The largest absolute Gasteiger partial charge is 0.339 e. The number of nitrogens with zero attached hydrogens (tertiary/aromatic N) is 2. The van der Waals surface area contributed by atoms with Crippen molar-refractivity contribution >= 4 is 22.3 Å². The topological polar surface area (TPSA) is 33.2 Å². The van der Waals surface area contributed by atoms with Crippen molar-refractivity contribution in [3.8, 4) is 0 Å². The summed E-state index contributed by atoms with van der Waals surface area (Å²) in [5.74, 6) is 0.0226. The van der Waals surface area contributed by atoms with Gasteiger partial charge >= 0.3 is 0 Å². The average molecular weight is 336 g/mol. The van der Waals surface area contributed by atoms with Gasteiger partial charge in [-0.1, -0.05) is 60.7 Å². The van der Waals surface area contributed by atoms with E-state index in [1.165, 1.54) is 11.1 Å². The molecular formula is C20H20N2OS. The van der Waals surface area contributed by atoms with Gasteiger partial charge in [0, 0.05) is 24.9 Å². The normalized spacial score (nSPS) is 10.6. The Morgan fingerprint density at radius 1 is 0.958 bits per heavy atom. The van der Waals surface area contributed by atoms with Crippen molar-refractivity contribution in [3.05, 3.63) is 82.4 Å². The first-order chi connectivity index (χ1) is 11.6. The van der Waals surface area contributed by atoms with E-state index in [0.29, 0.717) is 5.69 Å². The number of aromatic nitrogens is 1. The van der Waals surface area contributed by atoms with Crippen LogP contribution in [0.5, 0.6) is 0 Å². The maximum absolute atomic E-state index is 11.7. The van der Waals surface area contributed by atoms with E-state index >= 15 is 0 Å². The van der Waals surface area contributed by atoms with Gasteiger partial charge in [0.15, 0.2) is 10.9 Å². The van der Waals surface area contributed by atoms with Crippen LogP contribution in [0.1, 0.15) is 33.4 Å². The van der Waals surface area contributed by atoms with E-state index in [-0.39, 0.29) is 5.78 Å². The molecule has 0 atom stereocenters. The number of ketones is 1. The van der Waals surface area contributed by atoms with Gasteiger partial charge in [-0.3, -0.25) is 4.79 Å². The van der Waals surface area contributed by atoms with E-state index < -0.39 is 0 Å². The van der Waals surface area contributed by atoms with Crippen LogP contribution < -0.4 is 4.90 Å². The number of thiazole rings is 1. The van der Waals surface area contributed by atoms with Crippen LogP contribution in [0.4, 0.5) is 5.13 Å².